The van der Waals surface area contributed by atoms with Crippen molar-refractivity contribution < 1.29 is 24.0 Å². The van der Waals surface area contributed by atoms with Crippen LogP contribution in [0.4, 0.5) is 10.1 Å². The van der Waals surface area contributed by atoms with Gasteiger partial charge in [-0.25, -0.2) is 9.18 Å². The zero-order chi connectivity index (χ0) is 14.7. The molecule has 0 aromatic heterocycles. The van der Waals surface area contributed by atoms with Gasteiger partial charge in [0.1, 0.15) is 5.82 Å². The monoisotopic (exact) mass is 283 g/mol. The first-order valence-electron chi connectivity index (χ1n) is 6.37. The minimum atomic E-state index is -1.48. The third kappa shape index (κ3) is 3.04. The highest BCUT2D eigenvalue weighted by molar-refractivity contribution is 5.89. The molecule has 0 atom stereocenters. The van der Waals surface area contributed by atoms with E-state index in [0.29, 0.717) is 6.07 Å². The van der Waals surface area contributed by atoms with E-state index < -0.39 is 28.0 Å². The van der Waals surface area contributed by atoms with E-state index in [1.54, 1.807) is 0 Å². The molecule has 1 aromatic rings. The minimum Gasteiger partial charge on any atom is -0.483 e. The molecule has 0 spiro atoms. The Labute approximate surface area is 114 Å². The fraction of sp³-hybridized carbons (Fsp3) is 0.462. The van der Waals surface area contributed by atoms with Gasteiger partial charge in [-0.05, 0) is 25.7 Å². The van der Waals surface area contributed by atoms with Gasteiger partial charge >= 0.3 is 11.7 Å². The van der Waals surface area contributed by atoms with Crippen molar-refractivity contribution in [3.8, 4) is 5.75 Å². The minimum absolute atomic E-state index is 0.180. The smallest absolute Gasteiger partial charge is 0.338 e. The number of halogens is 1. The molecule has 0 heterocycles. The predicted molar refractivity (Wildman–Crippen MR) is 67.5 cm³/mol. The van der Waals surface area contributed by atoms with Gasteiger partial charge in [0.25, 0.3) is 0 Å². The van der Waals surface area contributed by atoms with Crippen molar-refractivity contribution in [3.05, 3.63) is 33.6 Å². The number of nitro groups is 1. The third-order valence-corrected chi connectivity index (χ3v) is 3.32. The molecule has 7 heteroatoms. The first-order valence-corrected chi connectivity index (χ1v) is 6.37. The van der Waals surface area contributed by atoms with E-state index in [1.165, 1.54) is 0 Å². The van der Waals surface area contributed by atoms with Crippen LogP contribution in [0.5, 0.6) is 5.75 Å². The number of aromatic carboxylic acids is 1. The van der Waals surface area contributed by atoms with Gasteiger partial charge in [-0.3, -0.25) is 10.1 Å². The lowest BCUT2D eigenvalue weighted by atomic mass is 9.98. The molecular formula is C13H14FNO5. The average molecular weight is 283 g/mol. The number of ether oxygens (including phenoxy) is 1. The van der Waals surface area contributed by atoms with Gasteiger partial charge in [0, 0.05) is 6.07 Å². The van der Waals surface area contributed by atoms with E-state index in [2.05, 4.69) is 0 Å². The standard InChI is InChI=1S/C13H14FNO5/c14-10-7-11(15(18)19)12(6-9(10)13(16)17)20-8-4-2-1-3-5-8/h6-8H,1-5H2,(H,16,17). The zero-order valence-electron chi connectivity index (χ0n) is 10.7. The molecular weight excluding hydrogens is 269 g/mol. The summed E-state index contributed by atoms with van der Waals surface area (Å²) in [7, 11) is 0. The van der Waals surface area contributed by atoms with Crippen molar-refractivity contribution in [2.45, 2.75) is 38.2 Å². The third-order valence-electron chi connectivity index (χ3n) is 3.32. The molecule has 1 aliphatic rings. The summed E-state index contributed by atoms with van der Waals surface area (Å²) in [6.45, 7) is 0. The summed E-state index contributed by atoms with van der Waals surface area (Å²) in [4.78, 5) is 21.0. The highest BCUT2D eigenvalue weighted by Gasteiger charge is 2.25. The Morgan fingerprint density at radius 3 is 2.55 bits per heavy atom. The Balaban J connectivity index is 2.34. The summed E-state index contributed by atoms with van der Waals surface area (Å²) in [5.41, 5.74) is -1.17. The lowest BCUT2D eigenvalue weighted by molar-refractivity contribution is -0.386. The second-order valence-corrected chi connectivity index (χ2v) is 4.74. The number of nitrogens with zero attached hydrogens (tertiary/aromatic N) is 1. The molecule has 108 valence electrons. The highest BCUT2D eigenvalue weighted by Crippen LogP contribution is 2.33. The Kier molecular flexibility index (Phi) is 4.16. The number of nitro benzene ring substituents is 1. The van der Waals surface area contributed by atoms with E-state index in [0.717, 1.165) is 38.2 Å². The summed E-state index contributed by atoms with van der Waals surface area (Å²) >= 11 is 0. The molecule has 1 saturated carbocycles. The second-order valence-electron chi connectivity index (χ2n) is 4.74. The fourth-order valence-electron chi connectivity index (χ4n) is 2.31. The summed E-state index contributed by atoms with van der Waals surface area (Å²) in [5, 5.41) is 19.8. The number of hydrogen-bond acceptors (Lipinski definition) is 4. The van der Waals surface area contributed by atoms with E-state index in [9.17, 15) is 19.3 Å². The first kappa shape index (κ1) is 14.2. The van der Waals surface area contributed by atoms with Crippen molar-refractivity contribution in [2.75, 3.05) is 0 Å². The summed E-state index contributed by atoms with van der Waals surface area (Å²) < 4.78 is 19.0. The molecule has 0 bridgehead atoms. The van der Waals surface area contributed by atoms with E-state index in [-0.39, 0.29) is 11.9 Å². The quantitative estimate of drug-likeness (QED) is 0.677. The molecule has 0 amide bonds. The number of hydrogen-bond donors (Lipinski definition) is 1. The van der Waals surface area contributed by atoms with Gasteiger partial charge in [0.2, 0.25) is 0 Å². The van der Waals surface area contributed by atoms with E-state index in [1.807, 2.05) is 0 Å². The largest absolute Gasteiger partial charge is 0.483 e. The van der Waals surface area contributed by atoms with Crippen LogP contribution in [0.3, 0.4) is 0 Å². The van der Waals surface area contributed by atoms with Crippen molar-refractivity contribution >= 4 is 11.7 Å². The molecule has 1 aromatic carbocycles. The lowest BCUT2D eigenvalue weighted by Crippen LogP contribution is -2.20. The number of benzene rings is 1. The Morgan fingerprint density at radius 1 is 1.35 bits per heavy atom. The maximum absolute atomic E-state index is 13.5. The van der Waals surface area contributed by atoms with Crippen LogP contribution in [0.1, 0.15) is 42.5 Å². The van der Waals surface area contributed by atoms with Crippen LogP contribution >= 0.6 is 0 Å². The van der Waals surface area contributed by atoms with Crippen molar-refractivity contribution in [1.82, 2.24) is 0 Å². The Hall–Kier alpha value is -2.18. The zero-order valence-corrected chi connectivity index (χ0v) is 10.7. The fourth-order valence-corrected chi connectivity index (χ4v) is 2.31. The SMILES string of the molecule is O=C(O)c1cc(OC2CCCCC2)c([N+](=O)[O-])cc1F. The van der Waals surface area contributed by atoms with E-state index >= 15 is 0 Å². The number of carboxylic acid groups (broad SMARTS) is 1. The van der Waals surface area contributed by atoms with Crippen molar-refractivity contribution in [2.24, 2.45) is 0 Å². The highest BCUT2D eigenvalue weighted by atomic mass is 19.1. The number of carboxylic acids is 1. The summed E-state index contributed by atoms with van der Waals surface area (Å²) in [6.07, 6.45) is 4.35. The summed E-state index contributed by atoms with van der Waals surface area (Å²) in [6, 6.07) is 1.49. The van der Waals surface area contributed by atoms with Crippen LogP contribution in [0.15, 0.2) is 12.1 Å². The maximum Gasteiger partial charge on any atom is 0.338 e. The van der Waals surface area contributed by atoms with Gasteiger partial charge in [0.15, 0.2) is 5.75 Å². The average Bonchev–Trinajstić information content (AvgIpc) is 2.41. The number of carbonyl (C=O) groups is 1. The topological polar surface area (TPSA) is 89.7 Å². The van der Waals surface area contributed by atoms with Crippen LogP contribution in [0, 0.1) is 15.9 Å². The van der Waals surface area contributed by atoms with Crippen LogP contribution < -0.4 is 4.74 Å². The van der Waals surface area contributed by atoms with Crippen LogP contribution in [0.2, 0.25) is 0 Å². The molecule has 1 N–H and O–H groups in total. The van der Waals surface area contributed by atoms with Crippen LogP contribution in [-0.4, -0.2) is 22.1 Å². The summed E-state index contributed by atoms with van der Waals surface area (Å²) in [5.74, 6) is -2.80. The van der Waals surface area contributed by atoms with Gasteiger partial charge in [-0.15, -0.1) is 0 Å². The first-order chi connectivity index (χ1) is 9.49. The maximum atomic E-state index is 13.5. The van der Waals surface area contributed by atoms with Gasteiger partial charge in [-0.1, -0.05) is 6.42 Å². The lowest BCUT2D eigenvalue weighted by Gasteiger charge is -2.22. The normalized spacial score (nSPS) is 15.8. The van der Waals surface area contributed by atoms with Crippen molar-refractivity contribution in [1.29, 1.82) is 0 Å². The van der Waals surface area contributed by atoms with E-state index in [4.69, 9.17) is 9.84 Å². The van der Waals surface area contributed by atoms with Gasteiger partial charge in [0.05, 0.1) is 22.7 Å². The predicted octanol–water partition coefficient (Wildman–Crippen LogP) is 3.14. The molecule has 20 heavy (non-hydrogen) atoms. The Bertz CT molecular complexity index is 540. The molecule has 2 rings (SSSR count). The van der Waals surface area contributed by atoms with Gasteiger partial charge in [-0.2, -0.15) is 0 Å². The molecule has 6 nitrogen and oxygen atoms in total. The molecule has 0 unspecified atom stereocenters. The van der Waals surface area contributed by atoms with Crippen LogP contribution in [0.25, 0.3) is 0 Å². The van der Waals surface area contributed by atoms with Crippen molar-refractivity contribution in [3.63, 3.8) is 0 Å². The second kappa shape index (κ2) is 5.85. The number of rotatable bonds is 4. The Morgan fingerprint density at radius 2 is 2.00 bits per heavy atom. The molecule has 1 aliphatic carbocycles. The molecule has 0 aliphatic heterocycles. The molecule has 0 saturated heterocycles. The van der Waals surface area contributed by atoms with Gasteiger partial charge < -0.3 is 9.84 Å². The molecule has 1 fully saturated rings. The molecule has 0 radical (unpaired) electrons. The van der Waals surface area contributed by atoms with Crippen LogP contribution in [-0.2, 0) is 0 Å².